The van der Waals surface area contributed by atoms with Crippen LogP contribution in [0.2, 0.25) is 5.02 Å². The smallest absolute Gasteiger partial charge is 0.137 e. The molecule has 0 saturated carbocycles. The SMILES string of the molecule is COc1cc(C(O)c2ccc(Br)cc2C)ccc1Cl. The zero-order chi connectivity index (χ0) is 14.0. The molecular weight excluding hydrogens is 328 g/mol. The van der Waals surface area contributed by atoms with E-state index in [1.54, 1.807) is 25.3 Å². The van der Waals surface area contributed by atoms with Gasteiger partial charge in [0.25, 0.3) is 0 Å². The molecule has 1 unspecified atom stereocenters. The first-order valence-electron chi connectivity index (χ1n) is 5.80. The molecule has 2 rings (SSSR count). The predicted octanol–water partition coefficient (Wildman–Crippen LogP) is 4.50. The van der Waals surface area contributed by atoms with Gasteiger partial charge in [0.2, 0.25) is 0 Å². The van der Waals surface area contributed by atoms with Crippen molar-refractivity contribution in [2.24, 2.45) is 0 Å². The van der Waals surface area contributed by atoms with Gasteiger partial charge in [0.1, 0.15) is 11.9 Å². The van der Waals surface area contributed by atoms with Gasteiger partial charge < -0.3 is 9.84 Å². The Kier molecular flexibility index (Phi) is 4.50. The molecule has 0 aliphatic carbocycles. The van der Waals surface area contributed by atoms with Gasteiger partial charge in [0, 0.05) is 4.47 Å². The lowest BCUT2D eigenvalue weighted by atomic mass is 9.97. The van der Waals surface area contributed by atoms with Crippen LogP contribution in [0.15, 0.2) is 40.9 Å². The van der Waals surface area contributed by atoms with Gasteiger partial charge in [0.05, 0.1) is 12.1 Å². The minimum atomic E-state index is -0.695. The second-order valence-corrected chi connectivity index (χ2v) is 5.62. The number of hydrogen-bond acceptors (Lipinski definition) is 2. The molecule has 0 radical (unpaired) electrons. The van der Waals surface area contributed by atoms with E-state index < -0.39 is 6.10 Å². The first-order chi connectivity index (χ1) is 9.02. The lowest BCUT2D eigenvalue weighted by Gasteiger charge is -2.15. The second-order valence-electron chi connectivity index (χ2n) is 4.30. The Bertz CT molecular complexity index is 599. The highest BCUT2D eigenvalue weighted by Gasteiger charge is 2.14. The van der Waals surface area contributed by atoms with Crippen LogP contribution < -0.4 is 4.74 Å². The van der Waals surface area contributed by atoms with E-state index in [0.717, 1.165) is 21.2 Å². The van der Waals surface area contributed by atoms with Crippen LogP contribution >= 0.6 is 27.5 Å². The standard InChI is InChI=1S/C15H14BrClO2/c1-9-7-11(16)4-5-12(9)15(18)10-3-6-13(17)14(8-10)19-2/h3-8,15,18H,1-2H3. The maximum atomic E-state index is 10.5. The van der Waals surface area contributed by atoms with Crippen LogP contribution in [0.4, 0.5) is 0 Å². The number of ether oxygens (including phenoxy) is 1. The van der Waals surface area contributed by atoms with E-state index >= 15 is 0 Å². The first-order valence-corrected chi connectivity index (χ1v) is 6.97. The van der Waals surface area contributed by atoms with Gasteiger partial charge in [-0.15, -0.1) is 0 Å². The maximum Gasteiger partial charge on any atom is 0.137 e. The molecule has 0 saturated heterocycles. The van der Waals surface area contributed by atoms with Gasteiger partial charge in [-0.25, -0.2) is 0 Å². The van der Waals surface area contributed by atoms with E-state index in [1.165, 1.54) is 0 Å². The van der Waals surface area contributed by atoms with Crippen LogP contribution in [0.1, 0.15) is 22.8 Å². The predicted molar refractivity (Wildman–Crippen MR) is 80.9 cm³/mol. The number of aliphatic hydroxyl groups is 1. The Balaban J connectivity index is 2.40. The van der Waals surface area contributed by atoms with Crippen LogP contribution in [-0.4, -0.2) is 12.2 Å². The summed E-state index contributed by atoms with van der Waals surface area (Å²) in [6.45, 7) is 1.97. The summed E-state index contributed by atoms with van der Waals surface area (Å²) in [5, 5.41) is 11.0. The minimum absolute atomic E-state index is 0.533. The zero-order valence-electron chi connectivity index (χ0n) is 10.7. The van der Waals surface area contributed by atoms with Crippen LogP contribution in [0.5, 0.6) is 5.75 Å². The molecule has 100 valence electrons. The van der Waals surface area contributed by atoms with Crippen molar-refractivity contribution in [3.05, 3.63) is 62.6 Å². The number of aryl methyl sites for hydroxylation is 1. The molecule has 19 heavy (non-hydrogen) atoms. The lowest BCUT2D eigenvalue weighted by Crippen LogP contribution is -2.02. The number of rotatable bonds is 3. The molecule has 0 spiro atoms. The summed E-state index contributed by atoms with van der Waals surface area (Å²) in [6, 6.07) is 11.1. The Labute approximate surface area is 126 Å². The van der Waals surface area contributed by atoms with Gasteiger partial charge in [0.15, 0.2) is 0 Å². The van der Waals surface area contributed by atoms with Crippen molar-refractivity contribution in [1.82, 2.24) is 0 Å². The van der Waals surface area contributed by atoms with Crippen molar-refractivity contribution in [3.63, 3.8) is 0 Å². The highest BCUT2D eigenvalue weighted by atomic mass is 79.9. The largest absolute Gasteiger partial charge is 0.495 e. The quantitative estimate of drug-likeness (QED) is 0.890. The summed E-state index contributed by atoms with van der Waals surface area (Å²) in [4.78, 5) is 0. The number of aliphatic hydroxyl groups excluding tert-OH is 1. The van der Waals surface area contributed by atoms with E-state index in [2.05, 4.69) is 15.9 Å². The van der Waals surface area contributed by atoms with Crippen molar-refractivity contribution < 1.29 is 9.84 Å². The summed E-state index contributed by atoms with van der Waals surface area (Å²) in [6.07, 6.45) is -0.695. The average molecular weight is 342 g/mol. The van der Waals surface area contributed by atoms with Crippen LogP contribution in [0.25, 0.3) is 0 Å². The van der Waals surface area contributed by atoms with Crippen LogP contribution in [0, 0.1) is 6.92 Å². The van der Waals surface area contributed by atoms with Gasteiger partial charge >= 0.3 is 0 Å². The van der Waals surface area contributed by atoms with Crippen LogP contribution in [-0.2, 0) is 0 Å². The molecule has 2 aromatic carbocycles. The third-order valence-corrected chi connectivity index (χ3v) is 3.82. The fraction of sp³-hybridized carbons (Fsp3) is 0.200. The fourth-order valence-corrected chi connectivity index (χ4v) is 2.64. The average Bonchev–Trinajstić information content (AvgIpc) is 2.38. The molecule has 1 atom stereocenters. The van der Waals surface area contributed by atoms with E-state index in [4.69, 9.17) is 16.3 Å². The van der Waals surface area contributed by atoms with E-state index in [9.17, 15) is 5.11 Å². The van der Waals surface area contributed by atoms with E-state index in [1.807, 2.05) is 25.1 Å². The second kappa shape index (κ2) is 5.95. The summed E-state index contributed by atoms with van der Waals surface area (Å²) in [7, 11) is 1.56. The molecule has 0 aliphatic rings. The van der Waals surface area contributed by atoms with Crippen LogP contribution in [0.3, 0.4) is 0 Å². The van der Waals surface area contributed by atoms with Gasteiger partial charge in [-0.1, -0.05) is 39.7 Å². The molecular formula is C15H14BrClO2. The molecule has 0 bridgehead atoms. The third kappa shape index (κ3) is 3.11. The number of benzene rings is 2. The highest BCUT2D eigenvalue weighted by molar-refractivity contribution is 9.10. The summed E-state index contributed by atoms with van der Waals surface area (Å²) >= 11 is 9.40. The monoisotopic (exact) mass is 340 g/mol. The molecule has 4 heteroatoms. The molecule has 0 amide bonds. The van der Waals surface area contributed by atoms with E-state index in [0.29, 0.717) is 10.8 Å². The molecule has 2 nitrogen and oxygen atoms in total. The third-order valence-electron chi connectivity index (χ3n) is 3.02. The van der Waals surface area contributed by atoms with Gasteiger partial charge in [-0.05, 0) is 47.9 Å². The Hall–Kier alpha value is -1.03. The van der Waals surface area contributed by atoms with Gasteiger partial charge in [-0.3, -0.25) is 0 Å². The molecule has 0 aliphatic heterocycles. The number of halogens is 2. The fourth-order valence-electron chi connectivity index (χ4n) is 1.97. The van der Waals surface area contributed by atoms with Crippen molar-refractivity contribution in [2.45, 2.75) is 13.0 Å². The maximum absolute atomic E-state index is 10.5. The highest BCUT2D eigenvalue weighted by Crippen LogP contribution is 2.32. The Morgan fingerprint density at radius 3 is 2.58 bits per heavy atom. The van der Waals surface area contributed by atoms with Crippen molar-refractivity contribution in [2.75, 3.05) is 7.11 Å². The normalized spacial score (nSPS) is 12.3. The first kappa shape index (κ1) is 14.4. The zero-order valence-corrected chi connectivity index (χ0v) is 13.0. The molecule has 0 fully saturated rings. The van der Waals surface area contributed by atoms with Crippen molar-refractivity contribution in [1.29, 1.82) is 0 Å². The molecule has 1 N–H and O–H groups in total. The topological polar surface area (TPSA) is 29.5 Å². The molecule has 0 heterocycles. The number of hydrogen-bond donors (Lipinski definition) is 1. The lowest BCUT2D eigenvalue weighted by molar-refractivity contribution is 0.219. The molecule has 0 aromatic heterocycles. The minimum Gasteiger partial charge on any atom is -0.495 e. The number of methoxy groups -OCH3 is 1. The van der Waals surface area contributed by atoms with Gasteiger partial charge in [-0.2, -0.15) is 0 Å². The van der Waals surface area contributed by atoms with E-state index in [-0.39, 0.29) is 0 Å². The van der Waals surface area contributed by atoms with Crippen molar-refractivity contribution >= 4 is 27.5 Å². The Morgan fingerprint density at radius 1 is 1.21 bits per heavy atom. The molecule has 2 aromatic rings. The Morgan fingerprint density at radius 2 is 1.95 bits per heavy atom. The van der Waals surface area contributed by atoms with Crippen molar-refractivity contribution in [3.8, 4) is 5.75 Å². The summed E-state index contributed by atoms with van der Waals surface area (Å²) in [5.74, 6) is 0.563. The summed E-state index contributed by atoms with van der Waals surface area (Å²) < 4.78 is 6.17. The summed E-state index contributed by atoms with van der Waals surface area (Å²) in [5.41, 5.74) is 2.65.